The fourth-order valence-electron chi connectivity index (χ4n) is 4.19. The maximum absolute atomic E-state index is 4.28. The monoisotopic (exact) mass is 255 g/mol. The van der Waals surface area contributed by atoms with Crippen molar-refractivity contribution in [2.75, 3.05) is 5.32 Å². The highest BCUT2D eigenvalue weighted by molar-refractivity contribution is 5.49. The standard InChI is InChI=1S/C18H25N/c1-12-5-7-16(8-6-12)19-14(3)13(2)17-11-18(4)9-15(17)10-18/h5-8,13,15,17,19H,3,9-11H2,1-2,4H3. The number of anilines is 1. The van der Waals surface area contributed by atoms with Gasteiger partial charge in [0.05, 0.1) is 0 Å². The summed E-state index contributed by atoms with van der Waals surface area (Å²) in [5, 5.41) is 3.50. The van der Waals surface area contributed by atoms with E-state index in [2.05, 4.69) is 56.9 Å². The van der Waals surface area contributed by atoms with Gasteiger partial charge in [0.2, 0.25) is 0 Å². The molecule has 1 nitrogen and oxygen atoms in total. The topological polar surface area (TPSA) is 12.0 Å². The number of nitrogens with one attached hydrogen (secondary N) is 1. The van der Waals surface area contributed by atoms with Crippen LogP contribution in [0.1, 0.15) is 38.7 Å². The number of hydrogen-bond donors (Lipinski definition) is 1. The van der Waals surface area contributed by atoms with Crippen LogP contribution in [0.15, 0.2) is 36.5 Å². The van der Waals surface area contributed by atoms with Crippen LogP contribution in [0.5, 0.6) is 0 Å². The van der Waals surface area contributed by atoms with Crippen LogP contribution in [0.25, 0.3) is 0 Å². The fourth-order valence-corrected chi connectivity index (χ4v) is 4.19. The van der Waals surface area contributed by atoms with Crippen molar-refractivity contribution in [1.29, 1.82) is 0 Å². The largest absolute Gasteiger partial charge is 0.359 e. The van der Waals surface area contributed by atoms with Crippen LogP contribution in [0.4, 0.5) is 5.69 Å². The highest BCUT2D eigenvalue weighted by Gasteiger charge is 2.54. The molecule has 2 atom stereocenters. The van der Waals surface area contributed by atoms with Crippen molar-refractivity contribution in [3.63, 3.8) is 0 Å². The second-order valence-electron chi connectivity index (χ2n) is 7.15. The third kappa shape index (κ3) is 2.31. The van der Waals surface area contributed by atoms with Crippen molar-refractivity contribution in [2.24, 2.45) is 23.2 Å². The second-order valence-corrected chi connectivity index (χ2v) is 7.15. The van der Waals surface area contributed by atoms with Crippen LogP contribution in [-0.4, -0.2) is 0 Å². The van der Waals surface area contributed by atoms with E-state index in [-0.39, 0.29) is 0 Å². The molecule has 0 spiro atoms. The molecule has 0 heterocycles. The number of rotatable bonds is 4. The van der Waals surface area contributed by atoms with Gasteiger partial charge in [0.1, 0.15) is 0 Å². The number of hydrogen-bond acceptors (Lipinski definition) is 1. The summed E-state index contributed by atoms with van der Waals surface area (Å²) >= 11 is 0. The van der Waals surface area contributed by atoms with Crippen molar-refractivity contribution in [3.8, 4) is 0 Å². The number of allylic oxidation sites excluding steroid dienone is 1. The van der Waals surface area contributed by atoms with Crippen molar-refractivity contribution in [3.05, 3.63) is 42.1 Å². The summed E-state index contributed by atoms with van der Waals surface area (Å²) < 4.78 is 0. The summed E-state index contributed by atoms with van der Waals surface area (Å²) in [5.41, 5.74) is 4.31. The summed E-state index contributed by atoms with van der Waals surface area (Å²) in [5.74, 6) is 2.38. The first-order chi connectivity index (χ1) is 8.97. The lowest BCUT2D eigenvalue weighted by molar-refractivity contribution is 0.158. The Hall–Kier alpha value is -1.24. The van der Waals surface area contributed by atoms with Gasteiger partial charge in [-0.3, -0.25) is 0 Å². The molecule has 3 aliphatic rings. The quantitative estimate of drug-likeness (QED) is 0.799. The summed E-state index contributed by atoms with van der Waals surface area (Å²) in [6, 6.07) is 8.58. The normalized spacial score (nSPS) is 33.6. The minimum Gasteiger partial charge on any atom is -0.359 e. The fraction of sp³-hybridized carbons (Fsp3) is 0.556. The zero-order chi connectivity index (χ0) is 13.6. The molecule has 1 aromatic rings. The van der Waals surface area contributed by atoms with E-state index in [4.69, 9.17) is 0 Å². The Morgan fingerprint density at radius 1 is 1.26 bits per heavy atom. The van der Waals surface area contributed by atoms with Crippen molar-refractivity contribution in [1.82, 2.24) is 0 Å². The van der Waals surface area contributed by atoms with Crippen LogP contribution in [0, 0.1) is 30.1 Å². The van der Waals surface area contributed by atoms with Gasteiger partial charge in [-0.05, 0) is 61.5 Å². The molecule has 1 aromatic carbocycles. The number of fused-ring (bicyclic) bond motifs is 1. The molecule has 1 N–H and O–H groups in total. The van der Waals surface area contributed by atoms with Gasteiger partial charge >= 0.3 is 0 Å². The number of aryl methyl sites for hydroxylation is 1. The average molecular weight is 255 g/mol. The third-order valence-electron chi connectivity index (χ3n) is 5.39. The van der Waals surface area contributed by atoms with Crippen LogP contribution in [-0.2, 0) is 0 Å². The predicted octanol–water partition coefficient (Wildman–Crippen LogP) is 4.99. The van der Waals surface area contributed by atoms with E-state index in [1.807, 2.05) is 0 Å². The molecule has 2 unspecified atom stereocenters. The van der Waals surface area contributed by atoms with Gasteiger partial charge in [-0.15, -0.1) is 0 Å². The Bertz CT molecular complexity index is 479. The smallest absolute Gasteiger partial charge is 0.0381 e. The van der Waals surface area contributed by atoms with E-state index >= 15 is 0 Å². The van der Waals surface area contributed by atoms with Gasteiger partial charge < -0.3 is 5.32 Å². The van der Waals surface area contributed by atoms with E-state index in [1.54, 1.807) is 0 Å². The highest BCUT2D eigenvalue weighted by Crippen LogP contribution is 2.63. The molecule has 1 heteroatoms. The Kier molecular flexibility index (Phi) is 2.96. The Morgan fingerprint density at radius 3 is 2.42 bits per heavy atom. The summed E-state index contributed by atoms with van der Waals surface area (Å²) in [6.07, 6.45) is 4.28. The van der Waals surface area contributed by atoms with Crippen molar-refractivity contribution in [2.45, 2.75) is 40.0 Å². The maximum Gasteiger partial charge on any atom is 0.0381 e. The average Bonchev–Trinajstić information content (AvgIpc) is 2.84. The van der Waals surface area contributed by atoms with Crippen LogP contribution in [0.3, 0.4) is 0 Å². The van der Waals surface area contributed by atoms with E-state index < -0.39 is 0 Å². The Labute approximate surface area is 117 Å². The SMILES string of the molecule is C=C(Nc1ccc(C)cc1)C(C)C1CC2(C)CC1C2. The molecule has 102 valence electrons. The van der Waals surface area contributed by atoms with Crippen LogP contribution < -0.4 is 5.32 Å². The predicted molar refractivity (Wildman–Crippen MR) is 82.0 cm³/mol. The molecule has 0 saturated heterocycles. The Balaban J connectivity index is 1.63. The van der Waals surface area contributed by atoms with Crippen LogP contribution in [0.2, 0.25) is 0 Å². The molecule has 0 aromatic heterocycles. The summed E-state index contributed by atoms with van der Waals surface area (Å²) in [7, 11) is 0. The molecule has 0 radical (unpaired) electrons. The molecular weight excluding hydrogens is 230 g/mol. The first-order valence-corrected chi connectivity index (χ1v) is 7.49. The van der Waals surface area contributed by atoms with Gasteiger partial charge in [0, 0.05) is 11.4 Å². The minimum absolute atomic E-state index is 0.579. The molecule has 3 aliphatic carbocycles. The lowest BCUT2D eigenvalue weighted by Crippen LogP contribution is -2.26. The van der Waals surface area contributed by atoms with Gasteiger partial charge in [0.25, 0.3) is 0 Å². The first kappa shape index (κ1) is 12.8. The van der Waals surface area contributed by atoms with E-state index in [0.717, 1.165) is 11.8 Å². The molecular formula is C18H25N. The molecule has 0 amide bonds. The maximum atomic E-state index is 4.28. The summed E-state index contributed by atoms with van der Waals surface area (Å²) in [4.78, 5) is 0. The minimum atomic E-state index is 0.579. The third-order valence-corrected chi connectivity index (χ3v) is 5.39. The Morgan fingerprint density at radius 2 is 1.89 bits per heavy atom. The van der Waals surface area contributed by atoms with Gasteiger partial charge in [-0.1, -0.05) is 38.1 Å². The molecule has 4 rings (SSSR count). The van der Waals surface area contributed by atoms with Crippen LogP contribution >= 0.6 is 0 Å². The first-order valence-electron chi connectivity index (χ1n) is 7.49. The molecule has 0 aliphatic heterocycles. The molecule has 3 saturated carbocycles. The molecule has 2 bridgehead atoms. The lowest BCUT2D eigenvalue weighted by Gasteiger charge is -2.35. The summed E-state index contributed by atoms with van der Waals surface area (Å²) in [6.45, 7) is 11.2. The van der Waals surface area contributed by atoms with Crippen molar-refractivity contribution < 1.29 is 0 Å². The van der Waals surface area contributed by atoms with E-state index in [0.29, 0.717) is 11.3 Å². The van der Waals surface area contributed by atoms with E-state index in [9.17, 15) is 0 Å². The highest BCUT2D eigenvalue weighted by atomic mass is 14.9. The van der Waals surface area contributed by atoms with E-state index in [1.165, 1.54) is 36.2 Å². The molecule has 3 fully saturated rings. The number of benzene rings is 1. The second kappa shape index (κ2) is 4.40. The van der Waals surface area contributed by atoms with Gasteiger partial charge in [-0.25, -0.2) is 0 Å². The van der Waals surface area contributed by atoms with Gasteiger partial charge in [-0.2, -0.15) is 0 Å². The zero-order valence-electron chi connectivity index (χ0n) is 12.4. The lowest BCUT2D eigenvalue weighted by atomic mass is 9.70. The van der Waals surface area contributed by atoms with Gasteiger partial charge in [0.15, 0.2) is 0 Å². The van der Waals surface area contributed by atoms with Crippen molar-refractivity contribution >= 4 is 5.69 Å². The zero-order valence-corrected chi connectivity index (χ0v) is 12.4. The molecule has 19 heavy (non-hydrogen) atoms.